The molecule has 3 aromatic rings. The molecule has 0 spiro atoms. The third kappa shape index (κ3) is 4.11. The van der Waals surface area contributed by atoms with E-state index in [1.54, 1.807) is 43.7 Å². The monoisotopic (exact) mass is 389 g/mol. The van der Waals surface area contributed by atoms with E-state index in [9.17, 15) is 9.18 Å². The first-order valence-electron chi connectivity index (χ1n) is 8.21. The van der Waals surface area contributed by atoms with Crippen LogP contribution in [0.3, 0.4) is 0 Å². The van der Waals surface area contributed by atoms with Crippen molar-refractivity contribution in [2.24, 2.45) is 0 Å². The summed E-state index contributed by atoms with van der Waals surface area (Å²) in [7, 11) is 4.59. The summed E-state index contributed by atoms with van der Waals surface area (Å²) in [4.78, 5) is 18.4. The minimum atomic E-state index is -0.462. The molecule has 0 atom stereocenters. The molecular weight excluding hydrogens is 369 g/mol. The Balaban J connectivity index is 1.76. The summed E-state index contributed by atoms with van der Waals surface area (Å²) >= 11 is 1.54. The predicted octanol–water partition coefficient (Wildman–Crippen LogP) is 4.42. The van der Waals surface area contributed by atoms with Crippen molar-refractivity contribution in [3.8, 4) is 11.5 Å². The second kappa shape index (κ2) is 7.79. The van der Waals surface area contributed by atoms with Crippen molar-refractivity contribution in [3.05, 3.63) is 46.7 Å². The first-order valence-corrected chi connectivity index (χ1v) is 9.02. The van der Waals surface area contributed by atoms with Crippen LogP contribution in [0.25, 0.3) is 10.2 Å². The van der Waals surface area contributed by atoms with Crippen LogP contribution in [0, 0.1) is 12.7 Å². The Labute approximate surface area is 160 Å². The summed E-state index contributed by atoms with van der Waals surface area (Å²) in [5.74, 6) is 0.241. The Kier molecular flexibility index (Phi) is 5.46. The van der Waals surface area contributed by atoms with Gasteiger partial charge in [-0.3, -0.25) is 0 Å². The number of urea groups is 1. The molecule has 27 heavy (non-hydrogen) atoms. The number of hydrogen-bond acceptors (Lipinski definition) is 5. The lowest BCUT2D eigenvalue weighted by atomic mass is 10.2. The third-order valence-electron chi connectivity index (χ3n) is 4.04. The second-order valence-electron chi connectivity index (χ2n) is 6.01. The molecule has 0 aliphatic rings. The van der Waals surface area contributed by atoms with Crippen LogP contribution in [0.15, 0.2) is 30.3 Å². The van der Waals surface area contributed by atoms with Crippen molar-refractivity contribution < 1.29 is 18.7 Å². The number of aryl methyl sites for hydroxylation is 1. The number of benzene rings is 2. The van der Waals surface area contributed by atoms with Gasteiger partial charge in [0.05, 0.1) is 35.1 Å². The molecule has 2 aromatic carbocycles. The molecule has 0 saturated carbocycles. The van der Waals surface area contributed by atoms with Crippen LogP contribution in [0.1, 0.15) is 10.6 Å². The van der Waals surface area contributed by atoms with E-state index in [0.29, 0.717) is 17.0 Å². The van der Waals surface area contributed by atoms with Crippen LogP contribution in [0.4, 0.5) is 14.9 Å². The van der Waals surface area contributed by atoms with Gasteiger partial charge in [0.15, 0.2) is 11.6 Å². The van der Waals surface area contributed by atoms with Crippen LogP contribution in [0.5, 0.6) is 11.5 Å². The molecule has 3 rings (SSSR count). The highest BCUT2D eigenvalue weighted by molar-refractivity contribution is 7.18. The zero-order chi connectivity index (χ0) is 19.6. The zero-order valence-electron chi connectivity index (χ0n) is 15.5. The maximum Gasteiger partial charge on any atom is 0.321 e. The van der Waals surface area contributed by atoms with Crippen LogP contribution in [0.2, 0.25) is 0 Å². The summed E-state index contributed by atoms with van der Waals surface area (Å²) in [6.07, 6.45) is 0. The summed E-state index contributed by atoms with van der Waals surface area (Å²) in [5.41, 5.74) is 2.05. The topological polar surface area (TPSA) is 63.7 Å². The Morgan fingerprint density at radius 1 is 1.22 bits per heavy atom. The Hall–Kier alpha value is -2.87. The molecule has 1 N–H and O–H groups in total. The minimum absolute atomic E-state index is 0.170. The SMILES string of the molecule is COc1ccc(CN(C)C(=O)Nc2cc3sc(C)nc3cc2OC)cc1F. The lowest BCUT2D eigenvalue weighted by Gasteiger charge is -2.19. The van der Waals surface area contributed by atoms with Crippen molar-refractivity contribution in [1.82, 2.24) is 9.88 Å². The summed E-state index contributed by atoms with van der Waals surface area (Å²) < 4.78 is 25.1. The highest BCUT2D eigenvalue weighted by atomic mass is 32.1. The number of fused-ring (bicyclic) bond motifs is 1. The van der Waals surface area contributed by atoms with Crippen LogP contribution >= 0.6 is 11.3 Å². The number of nitrogens with zero attached hydrogens (tertiary/aromatic N) is 2. The first kappa shape index (κ1) is 18.9. The number of carbonyl (C=O) groups is 1. The molecule has 0 unspecified atom stereocenters. The maximum atomic E-state index is 13.8. The fourth-order valence-corrected chi connectivity index (χ4v) is 3.55. The van der Waals surface area contributed by atoms with E-state index < -0.39 is 5.82 Å². The predicted molar refractivity (Wildman–Crippen MR) is 104 cm³/mol. The van der Waals surface area contributed by atoms with Gasteiger partial charge >= 0.3 is 6.03 Å². The number of rotatable bonds is 5. The third-order valence-corrected chi connectivity index (χ3v) is 4.97. The van der Waals surface area contributed by atoms with Gasteiger partial charge in [-0.05, 0) is 30.7 Å². The van der Waals surface area contributed by atoms with Gasteiger partial charge < -0.3 is 19.7 Å². The average Bonchev–Trinajstić information content (AvgIpc) is 2.99. The molecule has 0 aliphatic carbocycles. The zero-order valence-corrected chi connectivity index (χ0v) is 16.3. The van der Waals surface area contributed by atoms with Crippen LogP contribution in [-0.2, 0) is 6.54 Å². The molecule has 0 saturated heterocycles. The number of hydrogen-bond donors (Lipinski definition) is 1. The van der Waals surface area contributed by atoms with Gasteiger partial charge in [-0.25, -0.2) is 14.2 Å². The molecule has 1 aromatic heterocycles. The number of aromatic nitrogens is 1. The van der Waals surface area contributed by atoms with E-state index in [4.69, 9.17) is 9.47 Å². The quantitative estimate of drug-likeness (QED) is 0.701. The van der Waals surface area contributed by atoms with Gasteiger partial charge in [-0.1, -0.05) is 6.07 Å². The summed E-state index contributed by atoms with van der Waals surface area (Å²) in [6.45, 7) is 2.17. The van der Waals surface area contributed by atoms with Gasteiger partial charge in [0.2, 0.25) is 0 Å². The van der Waals surface area contributed by atoms with Crippen molar-refractivity contribution in [2.75, 3.05) is 26.6 Å². The highest BCUT2D eigenvalue weighted by Crippen LogP contribution is 2.33. The van der Waals surface area contributed by atoms with Crippen molar-refractivity contribution in [3.63, 3.8) is 0 Å². The van der Waals surface area contributed by atoms with E-state index >= 15 is 0 Å². The molecule has 0 radical (unpaired) electrons. The van der Waals surface area contributed by atoms with E-state index in [-0.39, 0.29) is 18.3 Å². The number of ether oxygens (including phenoxy) is 2. The highest BCUT2D eigenvalue weighted by Gasteiger charge is 2.15. The van der Waals surface area contributed by atoms with Gasteiger partial charge in [-0.2, -0.15) is 0 Å². The number of nitrogens with one attached hydrogen (secondary N) is 1. The molecule has 0 bridgehead atoms. The normalized spacial score (nSPS) is 10.7. The lowest BCUT2D eigenvalue weighted by molar-refractivity contribution is 0.220. The van der Waals surface area contributed by atoms with E-state index in [0.717, 1.165) is 15.2 Å². The van der Waals surface area contributed by atoms with Gasteiger partial charge in [0, 0.05) is 19.7 Å². The Bertz CT molecular complexity index is 990. The lowest BCUT2D eigenvalue weighted by Crippen LogP contribution is -2.31. The fraction of sp³-hybridized carbons (Fsp3) is 0.263. The first-order chi connectivity index (χ1) is 12.9. The molecule has 0 aliphatic heterocycles. The Morgan fingerprint density at radius 2 is 1.96 bits per heavy atom. The summed E-state index contributed by atoms with van der Waals surface area (Å²) in [6, 6.07) is 7.93. The molecule has 0 fully saturated rings. The smallest absolute Gasteiger partial charge is 0.321 e. The van der Waals surface area contributed by atoms with Crippen molar-refractivity contribution in [2.45, 2.75) is 13.5 Å². The molecule has 142 valence electrons. The van der Waals surface area contributed by atoms with Gasteiger partial charge in [-0.15, -0.1) is 11.3 Å². The fourth-order valence-electron chi connectivity index (χ4n) is 2.70. The largest absolute Gasteiger partial charge is 0.494 e. The van der Waals surface area contributed by atoms with Gasteiger partial charge in [0.1, 0.15) is 5.75 Å². The number of methoxy groups -OCH3 is 2. The van der Waals surface area contributed by atoms with Crippen molar-refractivity contribution in [1.29, 1.82) is 0 Å². The maximum absolute atomic E-state index is 13.8. The van der Waals surface area contributed by atoms with Gasteiger partial charge in [0.25, 0.3) is 0 Å². The number of halogens is 1. The molecule has 1 heterocycles. The van der Waals surface area contributed by atoms with E-state index in [1.165, 1.54) is 18.1 Å². The molecule has 2 amide bonds. The number of carbonyl (C=O) groups excluding carboxylic acids is 1. The average molecular weight is 389 g/mol. The molecular formula is C19H20FN3O3S. The number of anilines is 1. The minimum Gasteiger partial charge on any atom is -0.494 e. The number of thiazole rings is 1. The second-order valence-corrected chi connectivity index (χ2v) is 7.24. The van der Waals surface area contributed by atoms with Crippen molar-refractivity contribution >= 4 is 33.3 Å². The number of amides is 2. The summed E-state index contributed by atoms with van der Waals surface area (Å²) in [5, 5.41) is 3.78. The van der Waals surface area contributed by atoms with Crippen LogP contribution < -0.4 is 14.8 Å². The molecule has 6 nitrogen and oxygen atoms in total. The molecule has 8 heteroatoms. The van der Waals surface area contributed by atoms with E-state index in [2.05, 4.69) is 10.3 Å². The standard InChI is InChI=1S/C19H20FN3O3S/c1-11-21-15-8-17(26-4)14(9-18(15)27-11)22-19(24)23(2)10-12-5-6-16(25-3)13(20)7-12/h5-9H,10H2,1-4H3,(H,22,24). The van der Waals surface area contributed by atoms with Crippen LogP contribution in [-0.4, -0.2) is 37.2 Å². The van der Waals surface area contributed by atoms with E-state index in [1.807, 2.05) is 13.0 Å². The Morgan fingerprint density at radius 3 is 2.63 bits per heavy atom.